The molecule has 2 aromatic rings. The SMILES string of the molecule is C[C@@H](C1CC1)N(Cc1ccc(F)cc1)C(=O)CN1C(=O)NC2(CCc3cc(Br)ccc3C2)C1=O. The van der Waals surface area contributed by atoms with E-state index in [-0.39, 0.29) is 30.2 Å². The van der Waals surface area contributed by atoms with E-state index in [9.17, 15) is 18.8 Å². The first-order valence-corrected chi connectivity index (χ1v) is 12.5. The number of aryl methyl sites for hydroxylation is 1. The third-order valence-corrected chi connectivity index (χ3v) is 7.90. The van der Waals surface area contributed by atoms with E-state index in [1.165, 1.54) is 17.7 Å². The molecule has 178 valence electrons. The molecule has 0 bridgehead atoms. The highest BCUT2D eigenvalue weighted by Gasteiger charge is 2.53. The van der Waals surface area contributed by atoms with Gasteiger partial charge >= 0.3 is 6.03 Å². The summed E-state index contributed by atoms with van der Waals surface area (Å²) in [4.78, 5) is 42.5. The predicted molar refractivity (Wildman–Crippen MR) is 128 cm³/mol. The van der Waals surface area contributed by atoms with Gasteiger partial charge in [-0.3, -0.25) is 14.5 Å². The molecule has 0 aromatic heterocycles. The molecule has 8 heteroatoms. The molecule has 1 aliphatic heterocycles. The maximum atomic E-state index is 13.5. The fourth-order valence-corrected chi connectivity index (χ4v) is 5.58. The molecule has 1 unspecified atom stereocenters. The van der Waals surface area contributed by atoms with Gasteiger partial charge in [0.25, 0.3) is 5.91 Å². The average molecular weight is 528 g/mol. The summed E-state index contributed by atoms with van der Waals surface area (Å²) in [5.41, 5.74) is 2.02. The number of hydrogen-bond acceptors (Lipinski definition) is 3. The number of urea groups is 1. The molecule has 2 fully saturated rings. The van der Waals surface area contributed by atoms with Crippen molar-refractivity contribution in [2.24, 2.45) is 5.92 Å². The normalized spacial score (nSPS) is 22.5. The Labute approximate surface area is 206 Å². The van der Waals surface area contributed by atoms with E-state index in [4.69, 9.17) is 0 Å². The summed E-state index contributed by atoms with van der Waals surface area (Å²) in [6, 6.07) is 11.5. The number of carbonyl (C=O) groups is 3. The zero-order valence-corrected chi connectivity index (χ0v) is 20.6. The summed E-state index contributed by atoms with van der Waals surface area (Å²) in [5.74, 6) is -0.527. The van der Waals surface area contributed by atoms with E-state index in [2.05, 4.69) is 27.3 Å². The van der Waals surface area contributed by atoms with Crippen LogP contribution in [0.25, 0.3) is 0 Å². The molecule has 6 nitrogen and oxygen atoms in total. The number of rotatable bonds is 6. The second kappa shape index (κ2) is 8.80. The van der Waals surface area contributed by atoms with Crippen LogP contribution in [-0.2, 0) is 29.0 Å². The van der Waals surface area contributed by atoms with Gasteiger partial charge in [0.15, 0.2) is 0 Å². The lowest BCUT2D eigenvalue weighted by molar-refractivity contribution is -0.141. The Kier molecular flexibility index (Phi) is 5.96. The summed E-state index contributed by atoms with van der Waals surface area (Å²) in [6.07, 6.45) is 3.70. The van der Waals surface area contributed by atoms with Crippen LogP contribution >= 0.6 is 15.9 Å². The van der Waals surface area contributed by atoms with Crippen LogP contribution in [0.15, 0.2) is 46.9 Å². The van der Waals surface area contributed by atoms with Crippen molar-refractivity contribution < 1.29 is 18.8 Å². The quantitative estimate of drug-likeness (QED) is 0.572. The molecular formula is C26H27BrFN3O3. The molecule has 1 heterocycles. The zero-order valence-electron chi connectivity index (χ0n) is 19.0. The highest BCUT2D eigenvalue weighted by atomic mass is 79.9. The van der Waals surface area contributed by atoms with Crippen LogP contribution in [0.2, 0.25) is 0 Å². The highest BCUT2D eigenvalue weighted by molar-refractivity contribution is 9.10. The molecule has 4 amide bonds. The molecule has 1 spiro atoms. The standard InChI is InChI=1S/C26H27BrFN3O3/c1-16(18-4-5-18)30(14-17-2-8-22(28)9-3-17)23(32)15-31-24(33)26(29-25(31)34)11-10-19-12-21(27)7-6-20(19)13-26/h2-3,6-9,12,16,18H,4-5,10-11,13-15H2,1H3,(H,29,34)/t16-,26?/m0/s1. The highest BCUT2D eigenvalue weighted by Crippen LogP contribution is 2.37. The van der Waals surface area contributed by atoms with Crippen LogP contribution in [0.4, 0.5) is 9.18 Å². The minimum atomic E-state index is -0.998. The average Bonchev–Trinajstić information content (AvgIpc) is 3.64. The van der Waals surface area contributed by atoms with Gasteiger partial charge in [-0.1, -0.05) is 34.1 Å². The van der Waals surface area contributed by atoms with Gasteiger partial charge in [-0.2, -0.15) is 0 Å². The summed E-state index contributed by atoms with van der Waals surface area (Å²) in [5, 5.41) is 2.90. The van der Waals surface area contributed by atoms with Crippen LogP contribution in [0.5, 0.6) is 0 Å². The van der Waals surface area contributed by atoms with E-state index in [0.29, 0.717) is 31.7 Å². The Morgan fingerprint density at radius 3 is 2.65 bits per heavy atom. The Hall–Kier alpha value is -2.74. The molecule has 1 saturated carbocycles. The van der Waals surface area contributed by atoms with Gasteiger partial charge in [0.2, 0.25) is 5.91 Å². The van der Waals surface area contributed by atoms with E-state index in [0.717, 1.165) is 33.3 Å². The first-order chi connectivity index (χ1) is 16.3. The van der Waals surface area contributed by atoms with Crippen molar-refractivity contribution >= 4 is 33.8 Å². The lowest BCUT2D eigenvalue weighted by Gasteiger charge is -2.33. The van der Waals surface area contributed by atoms with Gasteiger partial charge in [0.1, 0.15) is 17.9 Å². The lowest BCUT2D eigenvalue weighted by Crippen LogP contribution is -2.52. The third-order valence-electron chi connectivity index (χ3n) is 7.40. The molecule has 2 aliphatic carbocycles. The topological polar surface area (TPSA) is 69.7 Å². The Morgan fingerprint density at radius 1 is 1.21 bits per heavy atom. The summed E-state index contributed by atoms with van der Waals surface area (Å²) >= 11 is 3.48. The summed E-state index contributed by atoms with van der Waals surface area (Å²) < 4.78 is 14.3. The second-order valence-electron chi connectivity index (χ2n) is 9.72. The minimum absolute atomic E-state index is 0.0210. The van der Waals surface area contributed by atoms with Gasteiger partial charge in [-0.05, 0) is 79.5 Å². The monoisotopic (exact) mass is 527 g/mol. The van der Waals surface area contributed by atoms with E-state index in [1.807, 2.05) is 19.1 Å². The molecular weight excluding hydrogens is 501 g/mol. The van der Waals surface area contributed by atoms with Crippen LogP contribution in [0.1, 0.15) is 42.9 Å². The van der Waals surface area contributed by atoms with E-state index in [1.54, 1.807) is 17.0 Å². The van der Waals surface area contributed by atoms with Gasteiger partial charge in [0.05, 0.1) is 0 Å². The first-order valence-electron chi connectivity index (χ1n) is 11.7. The smallest absolute Gasteiger partial charge is 0.325 e. The molecule has 5 rings (SSSR count). The minimum Gasteiger partial charge on any atom is -0.334 e. The number of carbonyl (C=O) groups excluding carboxylic acids is 3. The Morgan fingerprint density at radius 2 is 1.94 bits per heavy atom. The van der Waals surface area contributed by atoms with Gasteiger partial charge in [-0.15, -0.1) is 0 Å². The van der Waals surface area contributed by atoms with Gasteiger partial charge < -0.3 is 10.2 Å². The molecule has 0 radical (unpaired) electrons. The van der Waals surface area contributed by atoms with Crippen molar-refractivity contribution in [2.45, 2.75) is 57.2 Å². The number of amides is 4. The summed E-state index contributed by atoms with van der Waals surface area (Å²) in [6.45, 7) is 2.02. The Bertz CT molecular complexity index is 1150. The van der Waals surface area contributed by atoms with Crippen LogP contribution in [-0.4, -0.2) is 45.8 Å². The second-order valence-corrected chi connectivity index (χ2v) is 10.6. The number of nitrogens with zero attached hydrogens (tertiary/aromatic N) is 2. The predicted octanol–water partition coefficient (Wildman–Crippen LogP) is 4.19. The van der Waals surface area contributed by atoms with E-state index >= 15 is 0 Å². The van der Waals surface area contributed by atoms with Crippen molar-refractivity contribution in [3.05, 3.63) is 69.4 Å². The first kappa shape index (κ1) is 23.0. The molecule has 3 aliphatic rings. The molecule has 2 aromatic carbocycles. The van der Waals surface area contributed by atoms with Crippen molar-refractivity contribution in [3.63, 3.8) is 0 Å². The maximum absolute atomic E-state index is 13.5. The van der Waals surface area contributed by atoms with Gasteiger partial charge in [-0.25, -0.2) is 9.18 Å². The molecule has 34 heavy (non-hydrogen) atoms. The third kappa shape index (κ3) is 4.35. The molecule has 2 atom stereocenters. The largest absolute Gasteiger partial charge is 0.334 e. The number of benzene rings is 2. The summed E-state index contributed by atoms with van der Waals surface area (Å²) in [7, 11) is 0. The number of halogens is 2. The van der Waals surface area contributed by atoms with E-state index < -0.39 is 11.6 Å². The number of fused-ring (bicyclic) bond motifs is 1. The fraction of sp³-hybridized carbons (Fsp3) is 0.423. The zero-order chi connectivity index (χ0) is 24.0. The van der Waals surface area contributed by atoms with Crippen molar-refractivity contribution in [1.82, 2.24) is 15.1 Å². The molecule has 1 saturated heterocycles. The maximum Gasteiger partial charge on any atom is 0.325 e. The number of hydrogen-bond donors (Lipinski definition) is 1. The van der Waals surface area contributed by atoms with Crippen molar-refractivity contribution in [2.75, 3.05) is 6.54 Å². The van der Waals surface area contributed by atoms with Crippen molar-refractivity contribution in [3.8, 4) is 0 Å². The fourth-order valence-electron chi connectivity index (χ4n) is 5.18. The number of imide groups is 1. The number of nitrogens with one attached hydrogen (secondary N) is 1. The Balaban J connectivity index is 1.33. The van der Waals surface area contributed by atoms with Crippen LogP contribution in [0, 0.1) is 11.7 Å². The molecule has 1 N–H and O–H groups in total. The van der Waals surface area contributed by atoms with Crippen LogP contribution < -0.4 is 5.32 Å². The van der Waals surface area contributed by atoms with Crippen LogP contribution in [0.3, 0.4) is 0 Å². The van der Waals surface area contributed by atoms with Gasteiger partial charge in [0, 0.05) is 23.5 Å². The van der Waals surface area contributed by atoms with Crippen molar-refractivity contribution in [1.29, 1.82) is 0 Å². The lowest BCUT2D eigenvalue weighted by atomic mass is 9.78.